The molecule has 0 aliphatic rings. The Hall–Kier alpha value is -2.18. The molecule has 0 saturated carbocycles. The Labute approximate surface area is 142 Å². The topological polar surface area (TPSA) is 59.8 Å². The summed E-state index contributed by atoms with van der Waals surface area (Å²) in [5.74, 6) is -0.209. The number of halogens is 1. The third kappa shape index (κ3) is 3.60. The van der Waals surface area contributed by atoms with E-state index in [9.17, 15) is 4.79 Å². The summed E-state index contributed by atoms with van der Waals surface area (Å²) in [4.78, 5) is 13.5. The predicted molar refractivity (Wildman–Crippen MR) is 91.5 cm³/mol. The minimum atomic E-state index is -0.209. The van der Waals surface area contributed by atoms with Crippen LogP contribution in [0.4, 0.5) is 0 Å². The first-order valence-electron chi connectivity index (χ1n) is 7.14. The third-order valence-electron chi connectivity index (χ3n) is 3.42. The average molecular weight is 347 g/mol. The van der Waals surface area contributed by atoms with E-state index in [-0.39, 0.29) is 5.91 Å². The van der Waals surface area contributed by atoms with Crippen molar-refractivity contribution >= 4 is 28.8 Å². The van der Waals surface area contributed by atoms with Crippen molar-refractivity contribution in [1.29, 1.82) is 0 Å². The van der Waals surface area contributed by atoms with E-state index in [0.29, 0.717) is 23.0 Å². The number of carbonyl (C=O) groups excluding carboxylic acids is 1. The first-order chi connectivity index (χ1) is 11.1. The molecule has 1 amide bonds. The number of nitrogens with one attached hydrogen (secondary N) is 1. The zero-order valence-electron chi connectivity index (χ0n) is 12.5. The minimum Gasteiger partial charge on any atom is -0.350 e. The van der Waals surface area contributed by atoms with Crippen LogP contribution in [-0.4, -0.2) is 27.4 Å². The number of hydrogen-bond donors (Lipinski definition) is 1. The van der Waals surface area contributed by atoms with Crippen LogP contribution >= 0.6 is 22.9 Å². The Bertz CT molecular complexity index is 796. The number of nitrogens with zero attached hydrogens (tertiary/aromatic N) is 3. The van der Waals surface area contributed by atoms with Gasteiger partial charge in [0.05, 0.1) is 11.4 Å². The van der Waals surface area contributed by atoms with Gasteiger partial charge in [0.1, 0.15) is 0 Å². The molecule has 5 nitrogen and oxygen atoms in total. The molecule has 0 bridgehead atoms. The fraction of sp³-hybridized carbons (Fsp3) is 0.188. The Morgan fingerprint density at radius 3 is 2.78 bits per heavy atom. The van der Waals surface area contributed by atoms with Crippen molar-refractivity contribution in [2.75, 3.05) is 6.54 Å². The van der Waals surface area contributed by atoms with Gasteiger partial charge in [-0.05, 0) is 49.1 Å². The lowest BCUT2D eigenvalue weighted by atomic mass is 10.2. The summed E-state index contributed by atoms with van der Waals surface area (Å²) in [6.45, 7) is 2.40. The summed E-state index contributed by atoms with van der Waals surface area (Å²) in [5, 5.41) is 13.6. The van der Waals surface area contributed by atoms with E-state index in [1.54, 1.807) is 28.2 Å². The molecule has 0 spiro atoms. The van der Waals surface area contributed by atoms with Crippen molar-refractivity contribution < 1.29 is 4.79 Å². The van der Waals surface area contributed by atoms with E-state index in [4.69, 9.17) is 11.6 Å². The molecule has 2 aromatic heterocycles. The van der Waals surface area contributed by atoms with E-state index in [1.165, 1.54) is 4.88 Å². The van der Waals surface area contributed by atoms with Crippen molar-refractivity contribution in [3.8, 4) is 5.69 Å². The standard InChI is InChI=1S/C16H15ClN4OS/c1-11-15(16(22)18-9-8-14-3-2-10-23-14)19-20-21(11)13-6-4-12(17)5-7-13/h2-7,10H,8-9H2,1H3,(H,18,22). The third-order valence-corrected chi connectivity index (χ3v) is 4.61. The Morgan fingerprint density at radius 1 is 1.30 bits per heavy atom. The number of benzene rings is 1. The van der Waals surface area contributed by atoms with Gasteiger partial charge in [0.2, 0.25) is 0 Å². The summed E-state index contributed by atoms with van der Waals surface area (Å²) in [7, 11) is 0. The van der Waals surface area contributed by atoms with Crippen LogP contribution in [0.5, 0.6) is 0 Å². The van der Waals surface area contributed by atoms with Crippen molar-refractivity contribution in [2.45, 2.75) is 13.3 Å². The predicted octanol–water partition coefficient (Wildman–Crippen LogP) is 3.26. The van der Waals surface area contributed by atoms with Gasteiger partial charge in [-0.2, -0.15) is 0 Å². The van der Waals surface area contributed by atoms with E-state index >= 15 is 0 Å². The molecule has 0 radical (unpaired) electrons. The van der Waals surface area contributed by atoms with Gasteiger partial charge in [-0.25, -0.2) is 4.68 Å². The van der Waals surface area contributed by atoms with Crippen LogP contribution in [-0.2, 0) is 6.42 Å². The molecule has 0 atom stereocenters. The number of carbonyl (C=O) groups is 1. The molecule has 0 aliphatic carbocycles. The second-order valence-electron chi connectivity index (χ2n) is 5.00. The minimum absolute atomic E-state index is 0.209. The maximum Gasteiger partial charge on any atom is 0.273 e. The smallest absolute Gasteiger partial charge is 0.273 e. The quantitative estimate of drug-likeness (QED) is 0.771. The maximum atomic E-state index is 12.2. The first-order valence-corrected chi connectivity index (χ1v) is 8.40. The summed E-state index contributed by atoms with van der Waals surface area (Å²) in [6.07, 6.45) is 0.813. The SMILES string of the molecule is Cc1c(C(=O)NCCc2cccs2)nnn1-c1ccc(Cl)cc1. The van der Waals surface area contributed by atoms with Gasteiger partial charge in [0.25, 0.3) is 5.91 Å². The van der Waals surface area contributed by atoms with Crippen LogP contribution in [0.2, 0.25) is 5.02 Å². The monoisotopic (exact) mass is 346 g/mol. The molecule has 2 heterocycles. The number of rotatable bonds is 5. The van der Waals surface area contributed by atoms with Crippen LogP contribution < -0.4 is 5.32 Å². The van der Waals surface area contributed by atoms with Crippen LogP contribution in [0.1, 0.15) is 21.1 Å². The largest absolute Gasteiger partial charge is 0.350 e. The lowest BCUT2D eigenvalue weighted by Gasteiger charge is -2.05. The molecule has 118 valence electrons. The molecule has 23 heavy (non-hydrogen) atoms. The van der Waals surface area contributed by atoms with Crippen molar-refractivity contribution in [1.82, 2.24) is 20.3 Å². The van der Waals surface area contributed by atoms with E-state index in [1.807, 2.05) is 30.5 Å². The van der Waals surface area contributed by atoms with Gasteiger partial charge in [0.15, 0.2) is 5.69 Å². The summed E-state index contributed by atoms with van der Waals surface area (Å²) < 4.78 is 1.63. The summed E-state index contributed by atoms with van der Waals surface area (Å²) >= 11 is 7.57. The summed E-state index contributed by atoms with van der Waals surface area (Å²) in [6, 6.07) is 11.3. The molecule has 1 aromatic carbocycles. The van der Waals surface area contributed by atoms with Gasteiger partial charge in [-0.1, -0.05) is 22.9 Å². The van der Waals surface area contributed by atoms with Gasteiger partial charge in [-0.15, -0.1) is 16.4 Å². The lowest BCUT2D eigenvalue weighted by Crippen LogP contribution is -2.26. The Morgan fingerprint density at radius 2 is 2.09 bits per heavy atom. The van der Waals surface area contributed by atoms with Gasteiger partial charge < -0.3 is 5.32 Å². The molecule has 7 heteroatoms. The highest BCUT2D eigenvalue weighted by molar-refractivity contribution is 7.09. The Kier molecular flexibility index (Phi) is 4.73. The average Bonchev–Trinajstić information content (AvgIpc) is 3.18. The normalized spacial score (nSPS) is 10.7. The number of amides is 1. The number of hydrogen-bond acceptors (Lipinski definition) is 4. The highest BCUT2D eigenvalue weighted by atomic mass is 35.5. The van der Waals surface area contributed by atoms with Crippen molar-refractivity contribution in [3.05, 3.63) is 63.1 Å². The van der Waals surface area contributed by atoms with E-state index in [0.717, 1.165) is 12.1 Å². The van der Waals surface area contributed by atoms with E-state index < -0.39 is 0 Å². The van der Waals surface area contributed by atoms with Gasteiger partial charge in [0, 0.05) is 16.4 Å². The molecular weight excluding hydrogens is 332 g/mol. The zero-order valence-corrected chi connectivity index (χ0v) is 14.1. The van der Waals surface area contributed by atoms with Crippen LogP contribution in [0.15, 0.2) is 41.8 Å². The van der Waals surface area contributed by atoms with Crippen LogP contribution in [0.25, 0.3) is 5.69 Å². The second-order valence-corrected chi connectivity index (χ2v) is 6.47. The molecule has 0 aliphatic heterocycles. The molecular formula is C16H15ClN4OS. The Balaban J connectivity index is 1.68. The van der Waals surface area contributed by atoms with Crippen molar-refractivity contribution in [3.63, 3.8) is 0 Å². The van der Waals surface area contributed by atoms with E-state index in [2.05, 4.69) is 21.7 Å². The molecule has 3 rings (SSSR count). The fourth-order valence-corrected chi connectivity index (χ4v) is 3.04. The summed E-state index contributed by atoms with van der Waals surface area (Å²) in [5.41, 5.74) is 1.85. The highest BCUT2D eigenvalue weighted by Crippen LogP contribution is 2.15. The van der Waals surface area contributed by atoms with Crippen molar-refractivity contribution in [2.24, 2.45) is 0 Å². The van der Waals surface area contributed by atoms with Crippen LogP contribution in [0, 0.1) is 6.92 Å². The van der Waals surface area contributed by atoms with Gasteiger partial charge in [-0.3, -0.25) is 4.79 Å². The van der Waals surface area contributed by atoms with Gasteiger partial charge >= 0.3 is 0 Å². The molecule has 0 saturated heterocycles. The second kappa shape index (κ2) is 6.93. The fourth-order valence-electron chi connectivity index (χ4n) is 2.20. The maximum absolute atomic E-state index is 12.2. The number of thiophene rings is 1. The zero-order chi connectivity index (χ0) is 16.2. The van der Waals surface area contributed by atoms with Crippen LogP contribution in [0.3, 0.4) is 0 Å². The highest BCUT2D eigenvalue weighted by Gasteiger charge is 2.16. The lowest BCUT2D eigenvalue weighted by molar-refractivity contribution is 0.0948. The molecule has 1 N–H and O–H groups in total. The molecule has 3 aromatic rings. The number of aromatic nitrogens is 3. The molecule has 0 fully saturated rings. The first kappa shape index (κ1) is 15.7. The molecule has 0 unspecified atom stereocenters.